The fourth-order valence-corrected chi connectivity index (χ4v) is 3.39. The van der Waals surface area contributed by atoms with Crippen LogP contribution >= 0.6 is 11.6 Å². The molecule has 1 aliphatic heterocycles. The lowest BCUT2D eigenvalue weighted by Crippen LogP contribution is -2.35. The largest absolute Gasteiger partial charge is 0.443 e. The number of amides is 1. The van der Waals surface area contributed by atoms with Crippen LogP contribution in [0.5, 0.6) is 0 Å². The third-order valence-electron chi connectivity index (χ3n) is 4.14. The molecule has 140 valence electrons. The third-order valence-corrected chi connectivity index (χ3v) is 4.50. The van der Waals surface area contributed by atoms with E-state index >= 15 is 0 Å². The highest BCUT2D eigenvalue weighted by atomic mass is 35.5. The maximum absolute atomic E-state index is 12.6. The lowest BCUT2D eigenvalue weighted by Gasteiger charge is -2.20. The SMILES string of the molecule is CC(C)(C)OC(=O)n1ccc2nccc(-c3nn4c(c3Cl)C(=O)NCC4)c21. The molecule has 0 radical (unpaired) electrons. The fraction of sp³-hybridized carbons (Fsp3) is 0.333. The van der Waals surface area contributed by atoms with Gasteiger partial charge in [0.25, 0.3) is 5.91 Å². The summed E-state index contributed by atoms with van der Waals surface area (Å²) in [6, 6.07) is 3.45. The van der Waals surface area contributed by atoms with E-state index in [2.05, 4.69) is 15.4 Å². The first-order valence-electron chi connectivity index (χ1n) is 8.50. The van der Waals surface area contributed by atoms with E-state index in [1.54, 1.807) is 50.0 Å². The molecule has 4 rings (SSSR count). The van der Waals surface area contributed by atoms with Crippen molar-refractivity contribution in [2.45, 2.75) is 32.9 Å². The van der Waals surface area contributed by atoms with Crippen LogP contribution in [0.1, 0.15) is 31.3 Å². The van der Waals surface area contributed by atoms with Crippen LogP contribution in [0.15, 0.2) is 24.5 Å². The van der Waals surface area contributed by atoms with Crippen molar-refractivity contribution in [3.8, 4) is 11.3 Å². The molecule has 1 N–H and O–H groups in total. The molecule has 0 aliphatic carbocycles. The molecule has 9 heteroatoms. The standard InChI is InChI=1S/C18H18ClN5O3/c1-18(2,3)27-17(26)23-8-5-11-14(23)10(4-6-20-11)13-12(19)15-16(25)21-7-9-24(15)22-13/h4-6,8H,7,9H2,1-3H3,(H,21,25). The second kappa shape index (κ2) is 6.09. The van der Waals surface area contributed by atoms with Gasteiger partial charge >= 0.3 is 6.09 Å². The number of ether oxygens (including phenoxy) is 1. The Morgan fingerprint density at radius 2 is 2.11 bits per heavy atom. The van der Waals surface area contributed by atoms with Gasteiger partial charge in [-0.15, -0.1) is 0 Å². The van der Waals surface area contributed by atoms with Crippen LogP contribution in [0, 0.1) is 0 Å². The van der Waals surface area contributed by atoms with Crippen molar-refractivity contribution >= 4 is 34.6 Å². The number of carbonyl (C=O) groups excluding carboxylic acids is 2. The van der Waals surface area contributed by atoms with Gasteiger partial charge in [-0.3, -0.25) is 19.0 Å². The molecule has 3 aromatic rings. The number of hydrogen-bond acceptors (Lipinski definition) is 5. The van der Waals surface area contributed by atoms with E-state index in [1.807, 2.05) is 0 Å². The number of halogens is 1. The van der Waals surface area contributed by atoms with Crippen LogP contribution < -0.4 is 5.32 Å². The maximum atomic E-state index is 12.6. The van der Waals surface area contributed by atoms with E-state index in [4.69, 9.17) is 16.3 Å². The number of fused-ring (bicyclic) bond motifs is 2. The van der Waals surface area contributed by atoms with Gasteiger partial charge in [-0.2, -0.15) is 5.10 Å². The minimum atomic E-state index is -0.640. The molecule has 27 heavy (non-hydrogen) atoms. The molecule has 3 aromatic heterocycles. The summed E-state index contributed by atoms with van der Waals surface area (Å²) in [6.45, 7) is 6.42. The molecular formula is C18H18ClN5O3. The smallest absolute Gasteiger partial charge is 0.419 e. The van der Waals surface area contributed by atoms with Crippen LogP contribution in [0.25, 0.3) is 22.3 Å². The zero-order valence-corrected chi connectivity index (χ0v) is 15.9. The van der Waals surface area contributed by atoms with E-state index in [-0.39, 0.29) is 10.9 Å². The number of pyridine rings is 1. The van der Waals surface area contributed by atoms with E-state index in [9.17, 15) is 9.59 Å². The third kappa shape index (κ3) is 2.95. The minimum Gasteiger partial charge on any atom is -0.443 e. The molecule has 8 nitrogen and oxygen atoms in total. The summed E-state index contributed by atoms with van der Waals surface area (Å²) in [5, 5.41) is 7.51. The van der Waals surface area contributed by atoms with E-state index in [0.717, 1.165) is 0 Å². The predicted molar refractivity (Wildman–Crippen MR) is 99.9 cm³/mol. The van der Waals surface area contributed by atoms with Gasteiger partial charge in [0.2, 0.25) is 0 Å². The van der Waals surface area contributed by atoms with Crippen molar-refractivity contribution in [2.24, 2.45) is 0 Å². The van der Waals surface area contributed by atoms with Gasteiger partial charge in [-0.05, 0) is 32.9 Å². The molecule has 0 spiro atoms. The van der Waals surface area contributed by atoms with Crippen molar-refractivity contribution in [3.63, 3.8) is 0 Å². The molecule has 0 fully saturated rings. The molecule has 0 aromatic carbocycles. The van der Waals surface area contributed by atoms with Gasteiger partial charge in [0.15, 0.2) is 0 Å². The molecular weight excluding hydrogens is 370 g/mol. The summed E-state index contributed by atoms with van der Waals surface area (Å²) < 4.78 is 8.46. The second-order valence-electron chi connectivity index (χ2n) is 7.25. The van der Waals surface area contributed by atoms with Crippen molar-refractivity contribution < 1.29 is 14.3 Å². The van der Waals surface area contributed by atoms with E-state index in [1.165, 1.54) is 4.57 Å². The minimum absolute atomic E-state index is 0.247. The lowest BCUT2D eigenvalue weighted by atomic mass is 10.1. The molecule has 0 unspecified atom stereocenters. The Labute approximate surface area is 160 Å². The lowest BCUT2D eigenvalue weighted by molar-refractivity contribution is 0.0544. The average molecular weight is 388 g/mol. The number of hydrogen-bond donors (Lipinski definition) is 1. The van der Waals surface area contributed by atoms with Crippen molar-refractivity contribution in [2.75, 3.05) is 6.54 Å². The van der Waals surface area contributed by atoms with Gasteiger partial charge in [-0.25, -0.2) is 4.79 Å². The Morgan fingerprint density at radius 1 is 1.33 bits per heavy atom. The first kappa shape index (κ1) is 17.5. The molecule has 4 heterocycles. The summed E-state index contributed by atoms with van der Waals surface area (Å²) >= 11 is 6.49. The molecule has 0 atom stereocenters. The van der Waals surface area contributed by atoms with Crippen LogP contribution in [0.2, 0.25) is 5.02 Å². The van der Waals surface area contributed by atoms with Gasteiger partial charge in [-0.1, -0.05) is 11.6 Å². The van der Waals surface area contributed by atoms with Gasteiger partial charge < -0.3 is 10.1 Å². The van der Waals surface area contributed by atoms with Crippen molar-refractivity contribution in [3.05, 3.63) is 35.2 Å². The number of nitrogens with zero attached hydrogens (tertiary/aromatic N) is 4. The molecule has 1 amide bonds. The Balaban J connectivity index is 1.90. The quantitative estimate of drug-likeness (QED) is 0.692. The number of carbonyl (C=O) groups is 2. The summed E-state index contributed by atoms with van der Waals surface area (Å²) in [7, 11) is 0. The zero-order chi connectivity index (χ0) is 19.3. The molecule has 0 bridgehead atoms. The highest BCUT2D eigenvalue weighted by Crippen LogP contribution is 2.35. The second-order valence-corrected chi connectivity index (χ2v) is 7.63. The van der Waals surface area contributed by atoms with Crippen molar-refractivity contribution in [1.29, 1.82) is 0 Å². The van der Waals surface area contributed by atoms with Crippen LogP contribution in [-0.4, -0.2) is 43.5 Å². The number of aromatic nitrogens is 4. The maximum Gasteiger partial charge on any atom is 0.419 e. The van der Waals surface area contributed by atoms with Crippen molar-refractivity contribution in [1.82, 2.24) is 24.6 Å². The highest BCUT2D eigenvalue weighted by Gasteiger charge is 2.28. The fourth-order valence-electron chi connectivity index (χ4n) is 3.07. The van der Waals surface area contributed by atoms with E-state index in [0.29, 0.717) is 41.1 Å². The first-order chi connectivity index (χ1) is 12.8. The van der Waals surface area contributed by atoms with Gasteiger partial charge in [0, 0.05) is 24.5 Å². The Hall–Kier alpha value is -2.87. The Morgan fingerprint density at radius 3 is 2.81 bits per heavy atom. The van der Waals surface area contributed by atoms with Crippen LogP contribution in [0.3, 0.4) is 0 Å². The normalized spacial score (nSPS) is 14.1. The number of nitrogens with one attached hydrogen (secondary N) is 1. The molecule has 0 saturated heterocycles. The molecule has 0 saturated carbocycles. The average Bonchev–Trinajstić information content (AvgIpc) is 3.15. The Kier molecular flexibility index (Phi) is 3.96. The van der Waals surface area contributed by atoms with Gasteiger partial charge in [0.05, 0.1) is 22.6 Å². The summed E-state index contributed by atoms with van der Waals surface area (Å²) in [5.41, 5.74) is 1.85. The Bertz CT molecular complexity index is 1080. The zero-order valence-electron chi connectivity index (χ0n) is 15.1. The van der Waals surface area contributed by atoms with Crippen LogP contribution in [0.4, 0.5) is 4.79 Å². The first-order valence-corrected chi connectivity index (χ1v) is 8.88. The molecule has 1 aliphatic rings. The topological polar surface area (TPSA) is 91.0 Å². The van der Waals surface area contributed by atoms with Crippen LogP contribution in [-0.2, 0) is 11.3 Å². The highest BCUT2D eigenvalue weighted by molar-refractivity contribution is 6.36. The van der Waals surface area contributed by atoms with E-state index < -0.39 is 11.7 Å². The van der Waals surface area contributed by atoms with Gasteiger partial charge in [0.1, 0.15) is 17.0 Å². The number of rotatable bonds is 1. The predicted octanol–water partition coefficient (Wildman–Crippen LogP) is 3.08. The monoisotopic (exact) mass is 387 g/mol. The summed E-state index contributed by atoms with van der Waals surface area (Å²) in [6.07, 6.45) is 2.70. The summed E-state index contributed by atoms with van der Waals surface area (Å²) in [4.78, 5) is 29.1. The summed E-state index contributed by atoms with van der Waals surface area (Å²) in [5.74, 6) is -0.266.